The van der Waals surface area contributed by atoms with Crippen molar-refractivity contribution in [3.8, 4) is 11.8 Å². The van der Waals surface area contributed by atoms with Gasteiger partial charge in [0.15, 0.2) is 4.21 Å². The number of thiazole rings is 1. The van der Waals surface area contributed by atoms with Gasteiger partial charge < -0.3 is 5.11 Å². The van der Waals surface area contributed by atoms with Crippen LogP contribution in [0.15, 0.2) is 34.7 Å². The van der Waals surface area contributed by atoms with Crippen molar-refractivity contribution in [3.05, 3.63) is 41.0 Å². The number of benzene rings is 1. The normalized spacial score (nSPS) is 10.8. The molecule has 7 heteroatoms. The van der Waals surface area contributed by atoms with Gasteiger partial charge >= 0.3 is 0 Å². The predicted octanol–water partition coefficient (Wildman–Crippen LogP) is 1.99. The highest BCUT2D eigenvalue weighted by Crippen LogP contribution is 2.21. The fourth-order valence-electron chi connectivity index (χ4n) is 1.51. The van der Waals surface area contributed by atoms with Crippen LogP contribution in [-0.2, 0) is 10.0 Å². The topological polar surface area (TPSA) is 79.3 Å². The van der Waals surface area contributed by atoms with Gasteiger partial charge in [-0.2, -0.15) is 0 Å². The van der Waals surface area contributed by atoms with Crippen molar-refractivity contribution in [3.63, 3.8) is 0 Å². The Balaban J connectivity index is 2.12. The number of hydrogen-bond acceptors (Lipinski definition) is 5. The molecule has 0 saturated carbocycles. The lowest BCUT2D eigenvalue weighted by molar-refractivity contribution is 0.305. The van der Waals surface area contributed by atoms with E-state index in [0.717, 1.165) is 16.9 Å². The Morgan fingerprint density at radius 2 is 2.05 bits per heavy atom. The van der Waals surface area contributed by atoms with Crippen molar-refractivity contribution in [2.75, 3.05) is 11.3 Å². The van der Waals surface area contributed by atoms with Crippen LogP contribution in [0.1, 0.15) is 17.0 Å². The van der Waals surface area contributed by atoms with Gasteiger partial charge in [0.05, 0.1) is 17.8 Å². The zero-order valence-corrected chi connectivity index (χ0v) is 13.0. The summed E-state index contributed by atoms with van der Waals surface area (Å²) in [7, 11) is -3.59. The first-order chi connectivity index (χ1) is 10.0. The molecule has 1 aromatic heterocycles. The van der Waals surface area contributed by atoms with Crippen LogP contribution < -0.4 is 4.72 Å². The van der Waals surface area contributed by atoms with Gasteiger partial charge in [-0.1, -0.05) is 11.8 Å². The van der Waals surface area contributed by atoms with Crippen molar-refractivity contribution in [1.29, 1.82) is 0 Å². The lowest BCUT2D eigenvalue weighted by atomic mass is 10.2. The second-order valence-electron chi connectivity index (χ2n) is 4.16. The van der Waals surface area contributed by atoms with E-state index in [0.29, 0.717) is 17.1 Å². The van der Waals surface area contributed by atoms with E-state index in [-0.39, 0.29) is 10.8 Å². The van der Waals surface area contributed by atoms with Crippen LogP contribution in [0.4, 0.5) is 5.69 Å². The summed E-state index contributed by atoms with van der Waals surface area (Å²) in [6, 6.07) is 6.74. The smallest absolute Gasteiger partial charge is 0.273 e. The Morgan fingerprint density at radius 3 is 2.62 bits per heavy atom. The van der Waals surface area contributed by atoms with E-state index < -0.39 is 10.0 Å². The van der Waals surface area contributed by atoms with Crippen molar-refractivity contribution in [2.24, 2.45) is 0 Å². The quantitative estimate of drug-likeness (QED) is 0.844. The number of anilines is 1. The number of hydrogen-bond donors (Lipinski definition) is 2. The van der Waals surface area contributed by atoms with Crippen LogP contribution in [0, 0.1) is 18.8 Å². The molecule has 5 nitrogen and oxygen atoms in total. The SMILES string of the molecule is Cc1ncc(S(=O)(=O)Nc2ccc(C#CCCO)cc2)s1. The summed E-state index contributed by atoms with van der Waals surface area (Å²) in [4.78, 5) is 3.94. The van der Waals surface area contributed by atoms with E-state index in [4.69, 9.17) is 5.11 Å². The molecule has 1 heterocycles. The summed E-state index contributed by atoms with van der Waals surface area (Å²) in [5, 5.41) is 9.34. The first-order valence-electron chi connectivity index (χ1n) is 6.16. The van der Waals surface area contributed by atoms with Gasteiger partial charge in [0, 0.05) is 17.7 Å². The van der Waals surface area contributed by atoms with Crippen molar-refractivity contribution in [2.45, 2.75) is 17.6 Å². The summed E-state index contributed by atoms with van der Waals surface area (Å²) in [5.41, 5.74) is 1.23. The van der Waals surface area contributed by atoms with Gasteiger partial charge in [0.1, 0.15) is 0 Å². The molecule has 110 valence electrons. The maximum Gasteiger partial charge on any atom is 0.273 e. The number of nitrogens with one attached hydrogen (secondary N) is 1. The highest BCUT2D eigenvalue weighted by atomic mass is 32.2. The molecule has 1 aromatic carbocycles. The van der Waals surface area contributed by atoms with E-state index in [1.54, 1.807) is 31.2 Å². The van der Waals surface area contributed by atoms with Crippen LogP contribution in [0.5, 0.6) is 0 Å². The first kappa shape index (κ1) is 15.5. The molecule has 0 saturated heterocycles. The number of aliphatic hydroxyl groups excluding tert-OH is 1. The molecule has 2 rings (SSSR count). The average Bonchev–Trinajstić information content (AvgIpc) is 2.88. The number of nitrogens with zero attached hydrogens (tertiary/aromatic N) is 1. The molecule has 0 amide bonds. The third-order valence-corrected chi connectivity index (χ3v) is 5.23. The zero-order chi connectivity index (χ0) is 15.3. The van der Waals surface area contributed by atoms with Gasteiger partial charge in [0.25, 0.3) is 10.0 Å². The Hall–Kier alpha value is -1.88. The zero-order valence-electron chi connectivity index (χ0n) is 11.3. The third kappa shape index (κ3) is 4.29. The Kier molecular flexibility index (Phi) is 4.96. The summed E-state index contributed by atoms with van der Waals surface area (Å²) in [6.07, 6.45) is 1.76. The first-order valence-corrected chi connectivity index (χ1v) is 8.46. The minimum absolute atomic E-state index is 0.0269. The van der Waals surface area contributed by atoms with Crippen LogP contribution in [0.2, 0.25) is 0 Å². The van der Waals surface area contributed by atoms with E-state index >= 15 is 0 Å². The minimum atomic E-state index is -3.59. The van der Waals surface area contributed by atoms with Gasteiger partial charge in [-0.25, -0.2) is 13.4 Å². The van der Waals surface area contributed by atoms with Crippen LogP contribution in [-0.4, -0.2) is 25.1 Å². The molecule has 0 aliphatic heterocycles. The van der Waals surface area contributed by atoms with Gasteiger partial charge in [-0.15, -0.1) is 11.3 Å². The Labute approximate surface area is 127 Å². The van der Waals surface area contributed by atoms with E-state index in [1.165, 1.54) is 6.20 Å². The molecule has 0 aliphatic carbocycles. The Morgan fingerprint density at radius 1 is 1.33 bits per heavy atom. The summed E-state index contributed by atoms with van der Waals surface area (Å²) >= 11 is 1.12. The molecule has 2 N–H and O–H groups in total. The molecule has 21 heavy (non-hydrogen) atoms. The molecule has 0 aliphatic rings. The van der Waals surface area contributed by atoms with Gasteiger partial charge in [0.2, 0.25) is 0 Å². The number of aliphatic hydroxyl groups is 1. The van der Waals surface area contributed by atoms with Crippen LogP contribution in [0.25, 0.3) is 0 Å². The lowest BCUT2D eigenvalue weighted by Crippen LogP contribution is -2.11. The highest BCUT2D eigenvalue weighted by molar-refractivity contribution is 7.94. The number of sulfonamides is 1. The fourth-order valence-corrected chi connectivity index (χ4v) is 3.68. The van der Waals surface area contributed by atoms with E-state index in [2.05, 4.69) is 21.5 Å². The third-order valence-electron chi connectivity index (χ3n) is 2.47. The molecule has 0 spiro atoms. The molecular weight excluding hydrogens is 308 g/mol. The van der Waals surface area contributed by atoms with Gasteiger partial charge in [-0.05, 0) is 31.2 Å². The monoisotopic (exact) mass is 322 g/mol. The predicted molar refractivity (Wildman–Crippen MR) is 82.7 cm³/mol. The summed E-state index contributed by atoms with van der Waals surface area (Å²) < 4.78 is 26.9. The number of aryl methyl sites for hydroxylation is 1. The van der Waals surface area contributed by atoms with Crippen LogP contribution >= 0.6 is 11.3 Å². The molecule has 0 radical (unpaired) electrons. The van der Waals surface area contributed by atoms with Crippen molar-refractivity contribution < 1.29 is 13.5 Å². The number of aromatic nitrogens is 1. The van der Waals surface area contributed by atoms with Gasteiger partial charge in [-0.3, -0.25) is 4.72 Å². The minimum Gasteiger partial charge on any atom is -0.395 e. The Bertz CT molecular complexity index is 769. The molecule has 0 unspecified atom stereocenters. The molecule has 0 bridgehead atoms. The summed E-state index contributed by atoms with van der Waals surface area (Å²) in [6.45, 7) is 1.78. The second-order valence-corrected chi connectivity index (χ2v) is 7.30. The second kappa shape index (κ2) is 6.72. The van der Waals surface area contributed by atoms with E-state index in [9.17, 15) is 8.42 Å². The maximum absolute atomic E-state index is 12.1. The molecular formula is C14H14N2O3S2. The largest absolute Gasteiger partial charge is 0.395 e. The molecule has 0 atom stereocenters. The fraction of sp³-hybridized carbons (Fsp3) is 0.214. The molecule has 0 fully saturated rings. The lowest BCUT2D eigenvalue weighted by Gasteiger charge is -2.05. The average molecular weight is 322 g/mol. The summed E-state index contributed by atoms with van der Waals surface area (Å²) in [5.74, 6) is 5.68. The van der Waals surface area contributed by atoms with E-state index in [1.807, 2.05) is 0 Å². The van der Waals surface area contributed by atoms with Crippen molar-refractivity contribution >= 4 is 27.0 Å². The molecule has 2 aromatic rings. The maximum atomic E-state index is 12.1. The van der Waals surface area contributed by atoms with Crippen molar-refractivity contribution in [1.82, 2.24) is 4.98 Å². The standard InChI is InChI=1S/C14H14N2O3S2/c1-11-15-10-14(20-11)21(18,19)16-13-7-5-12(6-8-13)4-2-3-9-17/h5-8,10,16-17H,3,9H2,1H3. The van der Waals surface area contributed by atoms with Crippen LogP contribution in [0.3, 0.4) is 0 Å². The highest BCUT2D eigenvalue weighted by Gasteiger charge is 2.16. The number of rotatable bonds is 4.